The van der Waals surface area contributed by atoms with E-state index in [4.69, 9.17) is 9.47 Å². The standard InChI is InChI=1S/C28H29N3O3/c1-5-21-22-9-7-6-8-18(22)10-11-23(21)24-12-20(24)16-34-27-25(14-29-17(2)30-27)19-13-26(33-4)28(32)31(3)15-19/h6-11,13-15,20,24H,5,12,16H2,1-4H3. The second kappa shape index (κ2) is 8.93. The van der Waals surface area contributed by atoms with Crippen molar-refractivity contribution in [2.24, 2.45) is 13.0 Å². The Hall–Kier alpha value is -3.67. The van der Waals surface area contributed by atoms with Crippen LogP contribution >= 0.6 is 0 Å². The summed E-state index contributed by atoms with van der Waals surface area (Å²) in [6.07, 6.45) is 5.64. The second-order valence-corrected chi connectivity index (χ2v) is 8.97. The summed E-state index contributed by atoms with van der Waals surface area (Å²) in [5.74, 6) is 2.41. The Bertz CT molecular complexity index is 1430. The maximum absolute atomic E-state index is 12.2. The molecule has 4 aromatic rings. The Morgan fingerprint density at radius 2 is 2.00 bits per heavy atom. The van der Waals surface area contributed by atoms with Crippen LogP contribution in [-0.4, -0.2) is 28.3 Å². The van der Waals surface area contributed by atoms with Gasteiger partial charge in [-0.05, 0) is 53.6 Å². The van der Waals surface area contributed by atoms with Gasteiger partial charge in [0.05, 0.1) is 19.3 Å². The summed E-state index contributed by atoms with van der Waals surface area (Å²) in [6.45, 7) is 4.67. The number of hydrogen-bond donors (Lipinski definition) is 0. The van der Waals surface area contributed by atoms with E-state index < -0.39 is 0 Å². The van der Waals surface area contributed by atoms with Gasteiger partial charge in [-0.2, -0.15) is 4.98 Å². The fourth-order valence-corrected chi connectivity index (χ4v) is 4.83. The highest BCUT2D eigenvalue weighted by molar-refractivity contribution is 5.87. The summed E-state index contributed by atoms with van der Waals surface area (Å²) < 4.78 is 13.0. The fourth-order valence-electron chi connectivity index (χ4n) is 4.83. The first-order valence-corrected chi connectivity index (χ1v) is 11.7. The normalized spacial score (nSPS) is 17.1. The molecule has 6 nitrogen and oxygen atoms in total. The number of ether oxygens (including phenoxy) is 2. The van der Waals surface area contributed by atoms with Crippen molar-refractivity contribution in [1.29, 1.82) is 0 Å². The molecule has 0 spiro atoms. The van der Waals surface area contributed by atoms with Crippen LogP contribution in [0.5, 0.6) is 11.6 Å². The van der Waals surface area contributed by atoms with Crippen molar-refractivity contribution in [3.8, 4) is 22.8 Å². The van der Waals surface area contributed by atoms with E-state index in [0.29, 0.717) is 30.1 Å². The molecule has 0 amide bonds. The number of fused-ring (bicyclic) bond motifs is 1. The highest BCUT2D eigenvalue weighted by Crippen LogP contribution is 2.50. The number of methoxy groups -OCH3 is 1. The van der Waals surface area contributed by atoms with E-state index in [1.54, 1.807) is 25.5 Å². The molecule has 2 unspecified atom stereocenters. The van der Waals surface area contributed by atoms with Gasteiger partial charge in [-0.15, -0.1) is 0 Å². The zero-order valence-electron chi connectivity index (χ0n) is 20.0. The lowest BCUT2D eigenvalue weighted by atomic mass is 9.94. The topological polar surface area (TPSA) is 66.2 Å². The van der Waals surface area contributed by atoms with Gasteiger partial charge in [0.15, 0.2) is 5.75 Å². The third kappa shape index (κ3) is 4.04. The molecule has 5 rings (SSSR count). The molecule has 174 valence electrons. The highest BCUT2D eigenvalue weighted by atomic mass is 16.5. The van der Waals surface area contributed by atoms with E-state index in [2.05, 4.69) is 53.3 Å². The molecule has 0 bridgehead atoms. The number of aryl methyl sites for hydroxylation is 3. The first-order valence-electron chi connectivity index (χ1n) is 11.7. The lowest BCUT2D eigenvalue weighted by Gasteiger charge is -2.14. The summed E-state index contributed by atoms with van der Waals surface area (Å²) in [6, 6.07) is 14.9. The predicted octanol–water partition coefficient (Wildman–Crippen LogP) is 5.06. The van der Waals surface area contributed by atoms with Crippen molar-refractivity contribution in [2.45, 2.75) is 32.6 Å². The molecule has 1 aliphatic carbocycles. The van der Waals surface area contributed by atoms with E-state index >= 15 is 0 Å². The van der Waals surface area contributed by atoms with Crippen LogP contribution < -0.4 is 15.0 Å². The Balaban J connectivity index is 1.39. The quantitative estimate of drug-likeness (QED) is 0.390. The fraction of sp³-hybridized carbons (Fsp3) is 0.321. The van der Waals surface area contributed by atoms with Crippen LogP contribution in [0.4, 0.5) is 0 Å². The van der Waals surface area contributed by atoms with Gasteiger partial charge in [0.1, 0.15) is 5.82 Å². The molecule has 0 N–H and O–H groups in total. The molecule has 2 aromatic heterocycles. The van der Waals surface area contributed by atoms with Gasteiger partial charge in [-0.1, -0.05) is 43.3 Å². The Kier molecular flexibility index (Phi) is 5.82. The molecule has 0 radical (unpaired) electrons. The minimum absolute atomic E-state index is 0.190. The summed E-state index contributed by atoms with van der Waals surface area (Å²) in [5.41, 5.74) is 4.23. The highest BCUT2D eigenvalue weighted by Gasteiger charge is 2.40. The first kappa shape index (κ1) is 22.1. The Morgan fingerprint density at radius 3 is 2.79 bits per heavy atom. The van der Waals surface area contributed by atoms with Crippen molar-refractivity contribution < 1.29 is 9.47 Å². The average molecular weight is 456 g/mol. The van der Waals surface area contributed by atoms with E-state index in [9.17, 15) is 4.79 Å². The van der Waals surface area contributed by atoms with Gasteiger partial charge in [-0.25, -0.2) is 4.98 Å². The van der Waals surface area contributed by atoms with Crippen molar-refractivity contribution in [1.82, 2.24) is 14.5 Å². The van der Waals surface area contributed by atoms with Gasteiger partial charge in [-0.3, -0.25) is 4.79 Å². The maximum atomic E-state index is 12.2. The second-order valence-electron chi connectivity index (χ2n) is 8.97. The van der Waals surface area contributed by atoms with Gasteiger partial charge in [0, 0.05) is 30.9 Å². The molecule has 0 aliphatic heterocycles. The minimum Gasteiger partial charge on any atom is -0.491 e. The van der Waals surface area contributed by atoms with Gasteiger partial charge >= 0.3 is 0 Å². The summed E-state index contributed by atoms with van der Waals surface area (Å²) in [5, 5.41) is 2.65. The molecule has 34 heavy (non-hydrogen) atoms. The zero-order valence-corrected chi connectivity index (χ0v) is 20.0. The van der Waals surface area contributed by atoms with E-state index in [-0.39, 0.29) is 11.3 Å². The van der Waals surface area contributed by atoms with Crippen LogP contribution in [0.15, 0.2) is 59.7 Å². The SMILES string of the molecule is CCc1c(C2CC2COc2nc(C)ncc2-c2cc(OC)c(=O)n(C)c2)ccc2ccccc12. The largest absolute Gasteiger partial charge is 0.491 e. The van der Waals surface area contributed by atoms with Crippen LogP contribution in [0, 0.1) is 12.8 Å². The number of aromatic nitrogens is 3. The van der Waals surface area contributed by atoms with Crippen molar-refractivity contribution >= 4 is 10.8 Å². The number of nitrogens with zero attached hydrogens (tertiary/aromatic N) is 3. The van der Waals surface area contributed by atoms with Crippen molar-refractivity contribution in [3.63, 3.8) is 0 Å². The van der Waals surface area contributed by atoms with Crippen molar-refractivity contribution in [2.75, 3.05) is 13.7 Å². The molecule has 1 saturated carbocycles. The van der Waals surface area contributed by atoms with E-state index in [1.165, 1.54) is 33.6 Å². The molecule has 2 heterocycles. The van der Waals surface area contributed by atoms with Crippen LogP contribution in [0.25, 0.3) is 21.9 Å². The lowest BCUT2D eigenvalue weighted by Crippen LogP contribution is -2.18. The molecular formula is C28H29N3O3. The molecular weight excluding hydrogens is 426 g/mol. The van der Waals surface area contributed by atoms with E-state index in [0.717, 1.165) is 24.0 Å². The van der Waals surface area contributed by atoms with Crippen LogP contribution in [0.2, 0.25) is 0 Å². The van der Waals surface area contributed by atoms with Gasteiger partial charge in [0.25, 0.3) is 5.56 Å². The van der Waals surface area contributed by atoms with Crippen LogP contribution in [0.3, 0.4) is 0 Å². The predicted molar refractivity (Wildman–Crippen MR) is 134 cm³/mol. The number of rotatable bonds is 7. The van der Waals surface area contributed by atoms with Crippen molar-refractivity contribution in [3.05, 3.63) is 82.2 Å². The van der Waals surface area contributed by atoms with Crippen LogP contribution in [0.1, 0.15) is 36.2 Å². The molecule has 6 heteroatoms. The Labute approximate surface area is 199 Å². The maximum Gasteiger partial charge on any atom is 0.292 e. The lowest BCUT2D eigenvalue weighted by molar-refractivity contribution is 0.286. The summed E-state index contributed by atoms with van der Waals surface area (Å²) in [7, 11) is 3.20. The van der Waals surface area contributed by atoms with Gasteiger partial charge < -0.3 is 14.0 Å². The number of pyridine rings is 1. The monoisotopic (exact) mass is 455 g/mol. The minimum atomic E-state index is -0.190. The Morgan fingerprint density at radius 1 is 1.18 bits per heavy atom. The first-order chi connectivity index (χ1) is 16.5. The third-order valence-electron chi connectivity index (χ3n) is 6.74. The van der Waals surface area contributed by atoms with Gasteiger partial charge in [0.2, 0.25) is 5.88 Å². The van der Waals surface area contributed by atoms with E-state index in [1.807, 2.05) is 6.92 Å². The number of benzene rings is 2. The number of hydrogen-bond acceptors (Lipinski definition) is 5. The third-order valence-corrected chi connectivity index (χ3v) is 6.74. The average Bonchev–Trinajstić information content (AvgIpc) is 3.63. The zero-order chi connectivity index (χ0) is 23.8. The molecule has 1 aliphatic rings. The summed E-state index contributed by atoms with van der Waals surface area (Å²) >= 11 is 0. The molecule has 2 atom stereocenters. The van der Waals surface area contributed by atoms with Crippen LogP contribution in [-0.2, 0) is 13.5 Å². The molecule has 1 fully saturated rings. The summed E-state index contributed by atoms with van der Waals surface area (Å²) in [4.78, 5) is 21.2. The molecule has 0 saturated heterocycles. The molecule has 2 aromatic carbocycles. The smallest absolute Gasteiger partial charge is 0.292 e.